The molecule has 8 heteroatoms. The second-order valence-corrected chi connectivity index (χ2v) is 7.18. The van der Waals surface area contributed by atoms with Crippen molar-refractivity contribution in [2.24, 2.45) is 4.99 Å². The van der Waals surface area contributed by atoms with Gasteiger partial charge < -0.3 is 20.9 Å². The van der Waals surface area contributed by atoms with Crippen LogP contribution in [0.25, 0.3) is 0 Å². The van der Waals surface area contributed by atoms with E-state index in [4.69, 9.17) is 0 Å². The third kappa shape index (κ3) is 6.95. The number of rotatable bonds is 7. The minimum Gasteiger partial charge on any atom is -0.357 e. The molecule has 7 nitrogen and oxygen atoms in total. The fraction of sp³-hybridized carbons (Fsp3) is 0.348. The number of aliphatic imine (C=N–C) groups is 1. The normalized spacial score (nSPS) is 15.9. The number of carbonyl (C=O) groups is 2. The lowest BCUT2D eigenvalue weighted by atomic mass is 10.1. The fourth-order valence-electron chi connectivity index (χ4n) is 3.48. The molecule has 0 aliphatic carbocycles. The zero-order chi connectivity index (χ0) is 21.3. The Balaban J connectivity index is 0.00000341. The van der Waals surface area contributed by atoms with Crippen molar-refractivity contribution in [1.29, 1.82) is 0 Å². The first-order valence-corrected chi connectivity index (χ1v) is 10.3. The molecule has 2 aromatic carbocycles. The van der Waals surface area contributed by atoms with Gasteiger partial charge in [0, 0.05) is 44.4 Å². The number of carbonyl (C=O) groups excluding carboxylic acids is 2. The summed E-state index contributed by atoms with van der Waals surface area (Å²) >= 11 is 0. The van der Waals surface area contributed by atoms with Gasteiger partial charge in [0.05, 0.1) is 6.04 Å². The van der Waals surface area contributed by atoms with Crippen LogP contribution in [-0.4, -0.2) is 50.5 Å². The molecule has 1 fully saturated rings. The number of para-hydroxylation sites is 1. The van der Waals surface area contributed by atoms with Crippen LogP contribution in [0.15, 0.2) is 59.6 Å². The van der Waals surface area contributed by atoms with Gasteiger partial charge in [-0.05, 0) is 43.2 Å². The van der Waals surface area contributed by atoms with Gasteiger partial charge in [-0.1, -0.05) is 30.3 Å². The first-order valence-electron chi connectivity index (χ1n) is 10.3. The van der Waals surface area contributed by atoms with E-state index in [1.54, 1.807) is 13.1 Å². The van der Waals surface area contributed by atoms with Crippen LogP contribution in [0.3, 0.4) is 0 Å². The van der Waals surface area contributed by atoms with E-state index in [0.717, 1.165) is 24.2 Å². The SMILES string of the molecule is CCNC(=NCCc1cccc(C(=O)NC)c1)NC1CC(=O)N(c2ccccc2)C1.I. The van der Waals surface area contributed by atoms with E-state index in [-0.39, 0.29) is 41.8 Å². The largest absolute Gasteiger partial charge is 0.357 e. The summed E-state index contributed by atoms with van der Waals surface area (Å²) in [5.74, 6) is 0.720. The average Bonchev–Trinajstić information content (AvgIpc) is 3.14. The van der Waals surface area contributed by atoms with E-state index in [9.17, 15) is 9.59 Å². The Morgan fingerprint density at radius 1 is 1.16 bits per heavy atom. The van der Waals surface area contributed by atoms with Crippen LogP contribution in [0.1, 0.15) is 29.3 Å². The molecular formula is C23H30IN5O2. The summed E-state index contributed by atoms with van der Waals surface area (Å²) in [5.41, 5.74) is 2.63. The number of halogens is 1. The molecular weight excluding hydrogens is 505 g/mol. The first-order chi connectivity index (χ1) is 14.6. The molecule has 31 heavy (non-hydrogen) atoms. The maximum atomic E-state index is 12.4. The molecule has 1 aliphatic heterocycles. The molecule has 1 atom stereocenters. The van der Waals surface area contributed by atoms with Crippen LogP contribution in [0.4, 0.5) is 5.69 Å². The summed E-state index contributed by atoms with van der Waals surface area (Å²) in [4.78, 5) is 30.7. The molecule has 1 heterocycles. The van der Waals surface area contributed by atoms with Crippen LogP contribution >= 0.6 is 24.0 Å². The van der Waals surface area contributed by atoms with Crippen molar-refractivity contribution in [2.75, 3.05) is 31.6 Å². The summed E-state index contributed by atoms with van der Waals surface area (Å²) in [6, 6.07) is 17.3. The van der Waals surface area contributed by atoms with Gasteiger partial charge in [-0.25, -0.2) is 0 Å². The van der Waals surface area contributed by atoms with Crippen LogP contribution in [0.5, 0.6) is 0 Å². The molecule has 0 spiro atoms. The highest BCUT2D eigenvalue weighted by atomic mass is 127. The van der Waals surface area contributed by atoms with Crippen molar-refractivity contribution in [3.8, 4) is 0 Å². The lowest BCUT2D eigenvalue weighted by molar-refractivity contribution is -0.117. The summed E-state index contributed by atoms with van der Waals surface area (Å²) in [5, 5.41) is 9.27. The second-order valence-electron chi connectivity index (χ2n) is 7.18. The number of hydrogen-bond acceptors (Lipinski definition) is 3. The molecule has 3 N–H and O–H groups in total. The fourth-order valence-corrected chi connectivity index (χ4v) is 3.48. The maximum absolute atomic E-state index is 12.4. The molecule has 0 aromatic heterocycles. The molecule has 0 radical (unpaired) electrons. The quantitative estimate of drug-likeness (QED) is 0.289. The number of hydrogen-bond donors (Lipinski definition) is 3. The molecule has 0 bridgehead atoms. The minimum atomic E-state index is -0.0933. The Hall–Kier alpha value is -2.62. The minimum absolute atomic E-state index is 0. The highest BCUT2D eigenvalue weighted by molar-refractivity contribution is 14.0. The van der Waals surface area contributed by atoms with Gasteiger partial charge in [-0.2, -0.15) is 0 Å². The van der Waals surface area contributed by atoms with Gasteiger partial charge in [0.2, 0.25) is 5.91 Å². The van der Waals surface area contributed by atoms with Crippen molar-refractivity contribution in [3.63, 3.8) is 0 Å². The first kappa shape index (κ1) is 24.6. The average molecular weight is 535 g/mol. The van der Waals surface area contributed by atoms with Crippen LogP contribution in [0, 0.1) is 0 Å². The van der Waals surface area contributed by atoms with Crippen molar-refractivity contribution >= 4 is 47.4 Å². The highest BCUT2D eigenvalue weighted by Crippen LogP contribution is 2.20. The van der Waals surface area contributed by atoms with Crippen molar-refractivity contribution in [1.82, 2.24) is 16.0 Å². The second kappa shape index (κ2) is 12.3. The Labute approximate surface area is 200 Å². The predicted molar refractivity (Wildman–Crippen MR) is 135 cm³/mol. The summed E-state index contributed by atoms with van der Waals surface area (Å²) < 4.78 is 0. The summed E-state index contributed by atoms with van der Waals surface area (Å²) in [7, 11) is 1.63. The lowest BCUT2D eigenvalue weighted by Gasteiger charge is -2.19. The number of anilines is 1. The van der Waals surface area contributed by atoms with E-state index in [1.807, 2.05) is 60.4 Å². The Kier molecular flexibility index (Phi) is 9.77. The number of nitrogens with zero attached hydrogens (tertiary/aromatic N) is 2. The van der Waals surface area contributed by atoms with Crippen molar-refractivity contribution in [3.05, 3.63) is 65.7 Å². The number of benzene rings is 2. The van der Waals surface area contributed by atoms with Crippen molar-refractivity contribution in [2.45, 2.75) is 25.8 Å². The predicted octanol–water partition coefficient (Wildman–Crippen LogP) is 2.57. The van der Waals surface area contributed by atoms with Gasteiger partial charge in [0.15, 0.2) is 5.96 Å². The standard InChI is InChI=1S/C23H29N5O2.HI/c1-3-25-23(26-13-12-17-8-7-9-18(14-17)22(30)24-2)27-19-15-21(29)28(16-19)20-10-5-4-6-11-20;/h4-11,14,19H,3,12-13,15-16H2,1-2H3,(H,24,30)(H2,25,26,27);1H. The van der Waals surface area contributed by atoms with Crippen LogP contribution in [-0.2, 0) is 11.2 Å². The van der Waals surface area contributed by atoms with Gasteiger partial charge >= 0.3 is 0 Å². The lowest BCUT2D eigenvalue weighted by Crippen LogP contribution is -2.44. The molecule has 3 rings (SSSR count). The highest BCUT2D eigenvalue weighted by Gasteiger charge is 2.31. The van der Waals surface area contributed by atoms with E-state index in [1.165, 1.54) is 0 Å². The van der Waals surface area contributed by atoms with Gasteiger partial charge in [0.1, 0.15) is 0 Å². The summed E-state index contributed by atoms with van der Waals surface area (Å²) in [6.45, 7) is 3.94. The number of guanidine groups is 1. The monoisotopic (exact) mass is 535 g/mol. The van der Waals surface area contributed by atoms with Gasteiger partial charge in [-0.3, -0.25) is 14.6 Å². The van der Waals surface area contributed by atoms with Gasteiger partial charge in [0.25, 0.3) is 5.91 Å². The Morgan fingerprint density at radius 2 is 1.94 bits per heavy atom. The maximum Gasteiger partial charge on any atom is 0.251 e. The van der Waals surface area contributed by atoms with E-state index < -0.39 is 0 Å². The topological polar surface area (TPSA) is 85.8 Å². The van der Waals surface area contributed by atoms with Gasteiger partial charge in [-0.15, -0.1) is 24.0 Å². The van der Waals surface area contributed by atoms with E-state index >= 15 is 0 Å². The molecule has 166 valence electrons. The smallest absolute Gasteiger partial charge is 0.251 e. The molecule has 1 saturated heterocycles. The number of amides is 2. The van der Waals surface area contributed by atoms with Crippen LogP contribution in [0.2, 0.25) is 0 Å². The molecule has 1 unspecified atom stereocenters. The zero-order valence-electron chi connectivity index (χ0n) is 17.9. The van der Waals surface area contributed by atoms with Crippen LogP contribution < -0.4 is 20.9 Å². The third-order valence-electron chi connectivity index (χ3n) is 4.96. The molecule has 2 aromatic rings. The van der Waals surface area contributed by atoms with Crippen molar-refractivity contribution < 1.29 is 9.59 Å². The summed E-state index contributed by atoms with van der Waals surface area (Å²) in [6.07, 6.45) is 1.16. The molecule has 2 amide bonds. The molecule has 1 aliphatic rings. The zero-order valence-corrected chi connectivity index (χ0v) is 20.3. The number of nitrogens with one attached hydrogen (secondary N) is 3. The Morgan fingerprint density at radius 3 is 2.65 bits per heavy atom. The Bertz CT molecular complexity index is 904. The molecule has 0 saturated carbocycles. The van der Waals surface area contributed by atoms with E-state index in [2.05, 4.69) is 20.9 Å². The third-order valence-corrected chi connectivity index (χ3v) is 4.96. The van der Waals surface area contributed by atoms with E-state index in [0.29, 0.717) is 31.0 Å².